The topological polar surface area (TPSA) is 33.1 Å². The molecule has 0 aliphatic heterocycles. The number of halogens is 2. The Morgan fingerprint density at radius 3 is 2.29 bits per heavy atom. The van der Waals surface area contributed by atoms with Gasteiger partial charge in [-0.05, 0) is 0 Å². The SMILES string of the molecule is COCC(=N)Cl.Cl. The molecule has 0 unspecified atom stereocenters. The number of nitrogens with one attached hydrogen (secondary N) is 1. The van der Waals surface area contributed by atoms with Crippen molar-refractivity contribution in [3.8, 4) is 0 Å². The Morgan fingerprint density at radius 1 is 1.86 bits per heavy atom. The zero-order valence-corrected chi connectivity index (χ0v) is 5.47. The van der Waals surface area contributed by atoms with Gasteiger partial charge in [0.2, 0.25) is 0 Å². The van der Waals surface area contributed by atoms with E-state index in [1.165, 1.54) is 7.11 Å². The van der Waals surface area contributed by atoms with Gasteiger partial charge in [-0.15, -0.1) is 12.4 Å². The summed E-state index contributed by atoms with van der Waals surface area (Å²) in [4.78, 5) is 0. The Morgan fingerprint density at radius 2 is 2.29 bits per heavy atom. The van der Waals surface area contributed by atoms with Gasteiger partial charge < -0.3 is 4.74 Å². The molecule has 1 N–H and O–H groups in total. The molecule has 0 saturated heterocycles. The molecule has 2 nitrogen and oxygen atoms in total. The Kier molecular flexibility index (Phi) is 9.09. The van der Waals surface area contributed by atoms with Crippen LogP contribution >= 0.6 is 24.0 Å². The third kappa shape index (κ3) is 10.7. The summed E-state index contributed by atoms with van der Waals surface area (Å²) >= 11 is 5.04. The first-order valence-corrected chi connectivity index (χ1v) is 1.87. The van der Waals surface area contributed by atoms with E-state index < -0.39 is 0 Å². The summed E-state index contributed by atoms with van der Waals surface area (Å²) in [6.07, 6.45) is 0. The zero-order chi connectivity index (χ0) is 4.99. The number of rotatable bonds is 2. The smallest absolute Gasteiger partial charge is 0.123 e. The lowest BCUT2D eigenvalue weighted by molar-refractivity contribution is 0.246. The van der Waals surface area contributed by atoms with E-state index in [0.717, 1.165) is 0 Å². The quantitative estimate of drug-likeness (QED) is 0.581. The Labute approximate surface area is 53.7 Å². The number of hydrogen-bond donors (Lipinski definition) is 1. The molecule has 0 amide bonds. The molecule has 44 valence electrons. The summed E-state index contributed by atoms with van der Waals surface area (Å²) < 4.78 is 4.45. The molecule has 0 radical (unpaired) electrons. The molecule has 0 aliphatic carbocycles. The monoisotopic (exact) mass is 143 g/mol. The van der Waals surface area contributed by atoms with Gasteiger partial charge in [-0.25, -0.2) is 0 Å². The second-order valence-corrected chi connectivity index (χ2v) is 1.29. The lowest BCUT2D eigenvalue weighted by atomic mass is 10.8. The van der Waals surface area contributed by atoms with Crippen molar-refractivity contribution in [1.82, 2.24) is 0 Å². The highest BCUT2D eigenvalue weighted by atomic mass is 35.5. The highest BCUT2D eigenvalue weighted by Gasteiger charge is 1.81. The first kappa shape index (κ1) is 10.2. The van der Waals surface area contributed by atoms with Crippen LogP contribution in [0.4, 0.5) is 0 Å². The number of ether oxygens (including phenoxy) is 1. The average molecular weight is 144 g/mol. The fourth-order valence-corrected chi connectivity index (χ4v) is 0.236. The van der Waals surface area contributed by atoms with Gasteiger partial charge in [-0.2, -0.15) is 0 Å². The second kappa shape index (κ2) is 6.21. The molecule has 0 fully saturated rings. The van der Waals surface area contributed by atoms with E-state index in [1.807, 2.05) is 0 Å². The maximum absolute atomic E-state index is 6.53. The van der Waals surface area contributed by atoms with Crippen molar-refractivity contribution in [2.75, 3.05) is 13.7 Å². The van der Waals surface area contributed by atoms with Crippen LogP contribution in [0.15, 0.2) is 0 Å². The normalized spacial score (nSPS) is 7.14. The van der Waals surface area contributed by atoms with E-state index in [4.69, 9.17) is 17.0 Å². The van der Waals surface area contributed by atoms with Gasteiger partial charge in [-0.3, -0.25) is 5.41 Å². The maximum Gasteiger partial charge on any atom is 0.123 e. The van der Waals surface area contributed by atoms with E-state index in [0.29, 0.717) is 0 Å². The van der Waals surface area contributed by atoms with E-state index in [9.17, 15) is 0 Å². The highest BCUT2D eigenvalue weighted by molar-refractivity contribution is 6.64. The average Bonchev–Trinajstić information content (AvgIpc) is 1.35. The Balaban J connectivity index is 0. The molecule has 0 atom stereocenters. The lowest BCUT2D eigenvalue weighted by Gasteiger charge is -1.86. The molecule has 0 heterocycles. The predicted molar refractivity (Wildman–Crippen MR) is 32.7 cm³/mol. The summed E-state index contributed by atoms with van der Waals surface area (Å²) in [5, 5.41) is 6.57. The van der Waals surface area contributed by atoms with Crippen molar-refractivity contribution in [3.63, 3.8) is 0 Å². The van der Waals surface area contributed by atoms with Crippen LogP contribution in [0.3, 0.4) is 0 Å². The van der Waals surface area contributed by atoms with Crippen molar-refractivity contribution in [2.45, 2.75) is 0 Å². The van der Waals surface area contributed by atoms with Gasteiger partial charge in [0, 0.05) is 7.11 Å². The molecule has 0 aliphatic rings. The minimum absolute atomic E-state index is 0. The van der Waals surface area contributed by atoms with Crippen molar-refractivity contribution in [2.24, 2.45) is 0 Å². The molecular weight excluding hydrogens is 137 g/mol. The molecule has 0 aromatic rings. The second-order valence-electron chi connectivity index (χ2n) is 0.838. The fraction of sp³-hybridized carbons (Fsp3) is 0.667. The van der Waals surface area contributed by atoms with Gasteiger partial charge in [0.05, 0.1) is 6.61 Å². The van der Waals surface area contributed by atoms with Crippen LogP contribution in [0.2, 0.25) is 0 Å². The van der Waals surface area contributed by atoms with Crippen LogP contribution in [0.5, 0.6) is 0 Å². The van der Waals surface area contributed by atoms with Gasteiger partial charge in [-0.1, -0.05) is 11.6 Å². The van der Waals surface area contributed by atoms with Gasteiger partial charge in [0.1, 0.15) is 5.17 Å². The van der Waals surface area contributed by atoms with Crippen LogP contribution in [-0.4, -0.2) is 18.9 Å². The third-order valence-corrected chi connectivity index (χ3v) is 0.380. The minimum Gasteiger partial charge on any atom is -0.377 e. The largest absolute Gasteiger partial charge is 0.377 e. The molecule has 7 heavy (non-hydrogen) atoms. The lowest BCUT2D eigenvalue weighted by Crippen LogP contribution is -1.94. The minimum atomic E-state index is 0. The van der Waals surface area contributed by atoms with E-state index in [1.54, 1.807) is 0 Å². The van der Waals surface area contributed by atoms with Crippen LogP contribution in [0, 0.1) is 5.41 Å². The summed E-state index contributed by atoms with van der Waals surface area (Å²) in [6.45, 7) is 0.224. The van der Waals surface area contributed by atoms with Gasteiger partial charge in [0.25, 0.3) is 0 Å². The summed E-state index contributed by atoms with van der Waals surface area (Å²) in [5.41, 5.74) is 0. The molecule has 0 bridgehead atoms. The maximum atomic E-state index is 6.53. The van der Waals surface area contributed by atoms with E-state index in [2.05, 4.69) is 4.74 Å². The molecule has 4 heteroatoms. The van der Waals surface area contributed by atoms with Crippen LogP contribution in [0.1, 0.15) is 0 Å². The molecule has 0 spiro atoms. The van der Waals surface area contributed by atoms with Crippen molar-refractivity contribution in [3.05, 3.63) is 0 Å². The highest BCUT2D eigenvalue weighted by Crippen LogP contribution is 1.77. The van der Waals surface area contributed by atoms with Crippen LogP contribution < -0.4 is 0 Å². The van der Waals surface area contributed by atoms with E-state index in [-0.39, 0.29) is 24.2 Å². The molecular formula is C3H7Cl2NO. The van der Waals surface area contributed by atoms with Crippen LogP contribution in [-0.2, 0) is 4.74 Å². The van der Waals surface area contributed by atoms with Gasteiger partial charge >= 0.3 is 0 Å². The van der Waals surface area contributed by atoms with E-state index >= 15 is 0 Å². The third-order valence-electron chi connectivity index (χ3n) is 0.271. The number of methoxy groups -OCH3 is 1. The zero-order valence-electron chi connectivity index (χ0n) is 3.90. The molecule has 0 aromatic carbocycles. The molecule has 0 saturated carbocycles. The number of hydrogen-bond acceptors (Lipinski definition) is 2. The van der Waals surface area contributed by atoms with Crippen molar-refractivity contribution in [1.29, 1.82) is 5.41 Å². The van der Waals surface area contributed by atoms with Crippen molar-refractivity contribution < 1.29 is 4.74 Å². The fourth-order valence-electron chi connectivity index (χ4n) is 0.127. The summed E-state index contributed by atoms with van der Waals surface area (Å²) in [6, 6.07) is 0. The molecule has 0 aromatic heterocycles. The molecule has 0 rings (SSSR count). The summed E-state index contributed by atoms with van der Waals surface area (Å²) in [5.74, 6) is 0. The first-order chi connectivity index (χ1) is 2.77. The predicted octanol–water partition coefficient (Wildman–Crippen LogP) is 1.27. The van der Waals surface area contributed by atoms with Crippen LogP contribution in [0.25, 0.3) is 0 Å². The van der Waals surface area contributed by atoms with Gasteiger partial charge in [0.15, 0.2) is 0 Å². The standard InChI is InChI=1S/C3H6ClNO.ClH/c1-6-2-3(4)5;/h5H,2H2,1H3;1H. The first-order valence-electron chi connectivity index (χ1n) is 1.49. The summed E-state index contributed by atoms with van der Waals surface area (Å²) in [7, 11) is 1.50. The van der Waals surface area contributed by atoms with Crippen molar-refractivity contribution >= 4 is 29.2 Å². The Hall–Kier alpha value is 0.210. The Bertz CT molecular complexity index is 56.9.